The van der Waals surface area contributed by atoms with Crippen molar-refractivity contribution < 1.29 is 9.21 Å². The SMILES string of the molecule is CC(C)(C)c1ccc(/C=C2\S/C(=N\N=C\c3cccs3)N(Cc3ccco3)C2=O)cc1. The van der Waals surface area contributed by atoms with Crippen molar-refractivity contribution in [3.8, 4) is 0 Å². The number of benzene rings is 1. The normalized spacial score (nSPS) is 17.5. The summed E-state index contributed by atoms with van der Waals surface area (Å²) in [5.41, 5.74) is 2.32. The fourth-order valence-corrected chi connectivity index (χ4v) is 4.53. The number of nitrogens with zero attached hydrogens (tertiary/aromatic N) is 3. The predicted octanol–water partition coefficient (Wildman–Crippen LogP) is 6.15. The van der Waals surface area contributed by atoms with Gasteiger partial charge in [-0.3, -0.25) is 9.69 Å². The zero-order valence-electron chi connectivity index (χ0n) is 17.6. The van der Waals surface area contributed by atoms with Crippen LogP contribution >= 0.6 is 23.1 Å². The summed E-state index contributed by atoms with van der Waals surface area (Å²) in [6.07, 6.45) is 5.20. The van der Waals surface area contributed by atoms with Crippen molar-refractivity contribution in [1.29, 1.82) is 0 Å². The van der Waals surface area contributed by atoms with E-state index in [2.05, 4.69) is 43.1 Å². The summed E-state index contributed by atoms with van der Waals surface area (Å²) in [6.45, 7) is 6.86. The maximum Gasteiger partial charge on any atom is 0.267 e. The van der Waals surface area contributed by atoms with Crippen molar-refractivity contribution in [3.63, 3.8) is 0 Å². The molecule has 0 radical (unpaired) electrons. The zero-order valence-corrected chi connectivity index (χ0v) is 19.2. The van der Waals surface area contributed by atoms with Crippen LogP contribution in [0.15, 0.2) is 79.7 Å². The van der Waals surface area contributed by atoms with E-state index in [1.807, 2.05) is 47.9 Å². The molecule has 1 aliphatic heterocycles. The number of hydrogen-bond acceptors (Lipinski definition) is 6. The van der Waals surface area contributed by atoms with E-state index in [-0.39, 0.29) is 11.3 Å². The molecule has 0 atom stereocenters. The van der Waals surface area contributed by atoms with Crippen molar-refractivity contribution in [2.75, 3.05) is 0 Å². The molecule has 0 unspecified atom stereocenters. The van der Waals surface area contributed by atoms with Gasteiger partial charge in [0, 0.05) is 4.88 Å². The molecular weight excluding hydrogens is 426 g/mol. The first-order chi connectivity index (χ1) is 14.9. The molecule has 4 rings (SSSR count). The Morgan fingerprint density at radius 1 is 1.10 bits per heavy atom. The predicted molar refractivity (Wildman–Crippen MR) is 129 cm³/mol. The second-order valence-electron chi connectivity index (χ2n) is 8.10. The molecule has 1 fully saturated rings. The number of amides is 1. The van der Waals surface area contributed by atoms with Crippen molar-refractivity contribution >= 4 is 46.5 Å². The monoisotopic (exact) mass is 449 g/mol. The van der Waals surface area contributed by atoms with E-state index in [1.165, 1.54) is 17.3 Å². The van der Waals surface area contributed by atoms with Gasteiger partial charge in [0.2, 0.25) is 0 Å². The number of amidine groups is 1. The minimum atomic E-state index is -0.105. The summed E-state index contributed by atoms with van der Waals surface area (Å²) in [6, 6.07) is 15.9. The molecule has 158 valence electrons. The number of rotatable bonds is 5. The molecular formula is C24H23N3O2S2. The zero-order chi connectivity index (χ0) is 21.8. The summed E-state index contributed by atoms with van der Waals surface area (Å²) in [7, 11) is 0. The Bertz CT molecular complexity index is 1120. The molecule has 1 aliphatic rings. The van der Waals surface area contributed by atoms with E-state index in [9.17, 15) is 4.79 Å². The first kappa shape index (κ1) is 21.3. The van der Waals surface area contributed by atoms with Crippen LogP contribution in [0.5, 0.6) is 0 Å². The lowest BCUT2D eigenvalue weighted by Gasteiger charge is -2.18. The molecule has 1 amide bonds. The van der Waals surface area contributed by atoms with E-state index >= 15 is 0 Å². The minimum absolute atomic E-state index is 0.0871. The van der Waals surface area contributed by atoms with Gasteiger partial charge in [-0.2, -0.15) is 5.10 Å². The van der Waals surface area contributed by atoms with E-state index in [1.54, 1.807) is 28.7 Å². The maximum atomic E-state index is 13.1. The Morgan fingerprint density at radius 2 is 1.90 bits per heavy atom. The van der Waals surface area contributed by atoms with E-state index in [4.69, 9.17) is 4.42 Å². The third-order valence-corrected chi connectivity index (χ3v) is 6.53. The summed E-state index contributed by atoms with van der Waals surface area (Å²) in [4.78, 5) is 16.3. The van der Waals surface area contributed by atoms with Gasteiger partial charge in [0.15, 0.2) is 5.17 Å². The molecule has 1 aromatic carbocycles. The molecule has 0 N–H and O–H groups in total. The quantitative estimate of drug-likeness (QED) is 0.267. The molecule has 31 heavy (non-hydrogen) atoms. The molecule has 7 heteroatoms. The van der Waals surface area contributed by atoms with Crippen LogP contribution in [-0.4, -0.2) is 22.2 Å². The van der Waals surface area contributed by atoms with Gasteiger partial charge in [-0.05, 0) is 58.0 Å². The van der Waals surface area contributed by atoms with Gasteiger partial charge >= 0.3 is 0 Å². The molecule has 3 aromatic rings. The van der Waals surface area contributed by atoms with Gasteiger partial charge in [0.05, 0.1) is 23.9 Å². The fraction of sp³-hybridized carbons (Fsp3) is 0.208. The van der Waals surface area contributed by atoms with Gasteiger partial charge < -0.3 is 4.42 Å². The third-order valence-electron chi connectivity index (χ3n) is 4.73. The standard InChI is InChI=1S/C24H23N3O2S2/c1-24(2,3)18-10-8-17(9-11-18)14-21-22(28)27(16-19-6-4-12-29-19)23(31-21)26-25-15-20-7-5-13-30-20/h4-15H,16H2,1-3H3/b21-14-,25-15+,26-23-. The molecule has 0 saturated carbocycles. The Labute approximate surface area is 190 Å². The van der Waals surface area contributed by atoms with Crippen LogP contribution in [0.3, 0.4) is 0 Å². The van der Waals surface area contributed by atoms with E-state index in [0.717, 1.165) is 10.4 Å². The molecule has 2 aromatic heterocycles. The van der Waals surface area contributed by atoms with Crippen LogP contribution in [0.2, 0.25) is 0 Å². The van der Waals surface area contributed by atoms with Gasteiger partial charge in [0.25, 0.3) is 5.91 Å². The largest absolute Gasteiger partial charge is 0.467 e. The molecule has 3 heterocycles. The summed E-state index contributed by atoms with van der Waals surface area (Å²) >= 11 is 2.91. The Hall–Kier alpha value is -2.90. The third kappa shape index (κ3) is 5.24. The van der Waals surface area contributed by atoms with Crippen molar-refractivity contribution in [3.05, 3.63) is 86.8 Å². The molecule has 1 saturated heterocycles. The summed E-state index contributed by atoms with van der Waals surface area (Å²) < 4.78 is 5.44. The smallest absolute Gasteiger partial charge is 0.267 e. The first-order valence-electron chi connectivity index (χ1n) is 9.89. The van der Waals surface area contributed by atoms with Gasteiger partial charge in [-0.25, -0.2) is 0 Å². The number of thiophene rings is 1. The number of thioether (sulfide) groups is 1. The number of carbonyl (C=O) groups is 1. The Morgan fingerprint density at radius 3 is 2.55 bits per heavy atom. The van der Waals surface area contributed by atoms with Crippen LogP contribution in [0.1, 0.15) is 42.5 Å². The van der Waals surface area contributed by atoms with Crippen LogP contribution < -0.4 is 0 Å². The molecule has 5 nitrogen and oxygen atoms in total. The number of hydrogen-bond donors (Lipinski definition) is 0. The highest BCUT2D eigenvalue weighted by molar-refractivity contribution is 8.18. The lowest BCUT2D eigenvalue weighted by Crippen LogP contribution is -2.28. The fourth-order valence-electron chi connectivity index (χ4n) is 3.01. The lowest BCUT2D eigenvalue weighted by molar-refractivity contribution is -0.122. The Kier molecular flexibility index (Phi) is 6.25. The van der Waals surface area contributed by atoms with Gasteiger partial charge in [-0.15, -0.1) is 16.4 Å². The second-order valence-corrected chi connectivity index (χ2v) is 10.1. The Balaban J connectivity index is 1.60. The van der Waals surface area contributed by atoms with E-state index in [0.29, 0.717) is 22.4 Å². The maximum absolute atomic E-state index is 13.1. The van der Waals surface area contributed by atoms with Crippen LogP contribution in [0.4, 0.5) is 0 Å². The highest BCUT2D eigenvalue weighted by Crippen LogP contribution is 2.34. The van der Waals surface area contributed by atoms with Gasteiger partial charge in [0.1, 0.15) is 5.76 Å². The van der Waals surface area contributed by atoms with Crippen LogP contribution in [0.25, 0.3) is 6.08 Å². The van der Waals surface area contributed by atoms with Crippen molar-refractivity contribution in [1.82, 2.24) is 4.90 Å². The number of carbonyl (C=O) groups excluding carboxylic acids is 1. The topological polar surface area (TPSA) is 58.2 Å². The average molecular weight is 450 g/mol. The second kappa shape index (κ2) is 9.08. The molecule has 0 spiro atoms. The molecule has 0 aliphatic carbocycles. The van der Waals surface area contributed by atoms with E-state index < -0.39 is 0 Å². The van der Waals surface area contributed by atoms with Crippen LogP contribution in [0, 0.1) is 0 Å². The van der Waals surface area contributed by atoms with Crippen molar-refractivity contribution in [2.24, 2.45) is 10.2 Å². The van der Waals surface area contributed by atoms with Gasteiger partial charge in [-0.1, -0.05) is 51.1 Å². The average Bonchev–Trinajstić information content (AvgIpc) is 3.48. The summed E-state index contributed by atoms with van der Waals surface area (Å²) in [5, 5.41) is 11.0. The van der Waals surface area contributed by atoms with Crippen molar-refractivity contribution in [2.45, 2.75) is 32.7 Å². The minimum Gasteiger partial charge on any atom is -0.467 e. The highest BCUT2D eigenvalue weighted by atomic mass is 32.2. The highest BCUT2D eigenvalue weighted by Gasteiger charge is 2.34. The summed E-state index contributed by atoms with van der Waals surface area (Å²) in [5.74, 6) is 0.589. The molecule has 0 bridgehead atoms. The number of furan rings is 1. The first-order valence-corrected chi connectivity index (χ1v) is 11.6. The van der Waals surface area contributed by atoms with Crippen LogP contribution in [-0.2, 0) is 16.8 Å². The lowest BCUT2D eigenvalue weighted by atomic mass is 9.87.